The van der Waals surface area contributed by atoms with Gasteiger partial charge in [0.1, 0.15) is 14.5 Å². The van der Waals surface area contributed by atoms with Crippen LogP contribution >= 0.6 is 15.9 Å². The van der Waals surface area contributed by atoms with Gasteiger partial charge in [0.25, 0.3) is 0 Å². The van der Waals surface area contributed by atoms with Crippen LogP contribution in [0.15, 0.2) is 77.3 Å². The van der Waals surface area contributed by atoms with Gasteiger partial charge >= 0.3 is 0 Å². The van der Waals surface area contributed by atoms with Gasteiger partial charge in [0.2, 0.25) is 5.79 Å². The van der Waals surface area contributed by atoms with E-state index in [9.17, 15) is 0 Å². The van der Waals surface area contributed by atoms with Gasteiger partial charge in [-0.3, -0.25) is 0 Å². The molecule has 0 heterocycles. The summed E-state index contributed by atoms with van der Waals surface area (Å²) in [5, 5.41) is 3.12. The number of halogens is 1. The number of hydrogen-bond donors (Lipinski definition) is 0. The van der Waals surface area contributed by atoms with Crippen LogP contribution in [0.5, 0.6) is 5.75 Å². The zero-order valence-electron chi connectivity index (χ0n) is 22.2. The Balaban J connectivity index is 1.63. The average molecular weight is 568 g/mol. The van der Waals surface area contributed by atoms with Crippen molar-refractivity contribution < 1.29 is 14.2 Å². The molecule has 0 radical (unpaired) electrons. The fourth-order valence-electron chi connectivity index (χ4n) is 5.73. The number of methoxy groups -OCH3 is 1. The Morgan fingerprint density at radius 3 is 2.19 bits per heavy atom. The fourth-order valence-corrected chi connectivity index (χ4v) is 9.71. The van der Waals surface area contributed by atoms with E-state index < -0.39 is 14.6 Å². The maximum absolute atomic E-state index is 6.82. The van der Waals surface area contributed by atoms with Crippen LogP contribution in [0, 0.1) is 5.92 Å². The zero-order valence-corrected chi connectivity index (χ0v) is 25.0. The van der Waals surface area contributed by atoms with Crippen LogP contribution in [-0.4, -0.2) is 28.5 Å². The fraction of sp³-hybridized carbons (Fsp3) is 0.419. The SMILES string of the molecule is CCCC(OCOC)(Oc1ccc([SiH](c2ccccc2)C(C)(C)C)cc1)C1Cc2ccc(Br)cc2C1. The molecule has 4 rings (SSSR count). The highest BCUT2D eigenvalue weighted by Gasteiger charge is 2.45. The van der Waals surface area contributed by atoms with Crippen molar-refractivity contribution in [2.75, 3.05) is 13.9 Å². The molecule has 36 heavy (non-hydrogen) atoms. The second-order valence-corrected chi connectivity index (χ2v) is 15.9. The van der Waals surface area contributed by atoms with E-state index in [1.165, 1.54) is 21.5 Å². The summed E-state index contributed by atoms with van der Waals surface area (Å²) in [6.45, 7) is 9.49. The molecule has 3 atom stereocenters. The lowest BCUT2D eigenvalue weighted by Crippen LogP contribution is -2.49. The van der Waals surface area contributed by atoms with Crippen LogP contribution in [0.4, 0.5) is 0 Å². The van der Waals surface area contributed by atoms with E-state index in [1.54, 1.807) is 7.11 Å². The van der Waals surface area contributed by atoms with Gasteiger partial charge in [-0.1, -0.05) is 103 Å². The lowest BCUT2D eigenvalue weighted by molar-refractivity contribution is -0.256. The Labute approximate surface area is 226 Å². The van der Waals surface area contributed by atoms with Crippen molar-refractivity contribution in [3.8, 4) is 5.75 Å². The number of ether oxygens (including phenoxy) is 3. The lowest BCUT2D eigenvalue weighted by atomic mass is 9.91. The van der Waals surface area contributed by atoms with Gasteiger partial charge in [0.15, 0.2) is 6.79 Å². The van der Waals surface area contributed by atoms with Crippen molar-refractivity contribution in [3.63, 3.8) is 0 Å². The maximum Gasteiger partial charge on any atom is 0.216 e. The summed E-state index contributed by atoms with van der Waals surface area (Å²) < 4.78 is 19.7. The Morgan fingerprint density at radius 1 is 0.889 bits per heavy atom. The highest BCUT2D eigenvalue weighted by Crippen LogP contribution is 2.41. The summed E-state index contributed by atoms with van der Waals surface area (Å²) in [5.74, 6) is 0.339. The molecule has 0 bridgehead atoms. The first kappa shape index (κ1) is 27.1. The third kappa shape index (κ3) is 6.13. The Kier molecular flexibility index (Phi) is 8.77. The Morgan fingerprint density at radius 2 is 1.56 bits per heavy atom. The number of rotatable bonds is 10. The number of benzene rings is 3. The number of hydrogen-bond acceptors (Lipinski definition) is 3. The first-order valence-electron chi connectivity index (χ1n) is 13.0. The molecule has 3 aromatic carbocycles. The molecule has 0 fully saturated rings. The molecule has 0 spiro atoms. The van der Waals surface area contributed by atoms with Gasteiger partial charge in [0.05, 0.1) is 0 Å². The first-order valence-corrected chi connectivity index (χ1v) is 15.5. The van der Waals surface area contributed by atoms with Crippen LogP contribution < -0.4 is 15.1 Å². The molecule has 0 saturated carbocycles. The van der Waals surface area contributed by atoms with E-state index in [0.29, 0.717) is 0 Å². The molecule has 0 saturated heterocycles. The predicted molar refractivity (Wildman–Crippen MR) is 155 cm³/mol. The summed E-state index contributed by atoms with van der Waals surface area (Å²) in [6, 6.07) is 26.4. The molecule has 0 amide bonds. The van der Waals surface area contributed by atoms with Crippen LogP contribution in [0.3, 0.4) is 0 Å². The van der Waals surface area contributed by atoms with E-state index in [2.05, 4.69) is 116 Å². The van der Waals surface area contributed by atoms with Crippen LogP contribution in [0.1, 0.15) is 51.7 Å². The molecule has 5 heteroatoms. The highest BCUT2D eigenvalue weighted by atomic mass is 79.9. The molecular formula is C31H39BrO3Si. The van der Waals surface area contributed by atoms with Crippen molar-refractivity contribution in [1.29, 1.82) is 0 Å². The predicted octanol–water partition coefficient (Wildman–Crippen LogP) is 6.50. The van der Waals surface area contributed by atoms with E-state index >= 15 is 0 Å². The molecule has 3 unspecified atom stereocenters. The summed E-state index contributed by atoms with van der Waals surface area (Å²) in [5.41, 5.74) is 2.75. The molecular weight excluding hydrogens is 528 g/mol. The van der Waals surface area contributed by atoms with Gasteiger partial charge in [-0.15, -0.1) is 0 Å². The van der Waals surface area contributed by atoms with Crippen LogP contribution in [0.25, 0.3) is 0 Å². The molecule has 0 aliphatic heterocycles. The first-order chi connectivity index (χ1) is 17.3. The van der Waals surface area contributed by atoms with Gasteiger partial charge in [0, 0.05) is 23.9 Å². The largest absolute Gasteiger partial charge is 0.462 e. The summed E-state index contributed by atoms with van der Waals surface area (Å²) in [6.07, 6.45) is 3.65. The van der Waals surface area contributed by atoms with E-state index in [-0.39, 0.29) is 17.7 Å². The van der Waals surface area contributed by atoms with E-state index in [1.807, 2.05) is 0 Å². The minimum atomic E-state index is -1.42. The third-order valence-corrected chi connectivity index (χ3v) is 11.6. The van der Waals surface area contributed by atoms with Gasteiger partial charge in [-0.05, 0) is 59.7 Å². The normalized spacial score (nSPS) is 17.9. The second kappa shape index (κ2) is 11.6. The standard InChI is InChI=1S/C31H39BrO3Si/c1-6-18-31(34-22-33-5,25-19-23-12-13-26(32)21-24(23)20-25)35-27-14-16-29(17-15-27)36(30(2,3)4)28-10-8-7-9-11-28/h7-17,21,25,36H,6,18-20,22H2,1-5H3. The van der Waals surface area contributed by atoms with Crippen LogP contribution in [0.2, 0.25) is 5.04 Å². The molecule has 1 aliphatic rings. The molecule has 0 N–H and O–H groups in total. The topological polar surface area (TPSA) is 27.7 Å². The van der Waals surface area contributed by atoms with Crippen molar-refractivity contribution in [1.82, 2.24) is 0 Å². The Hall–Kier alpha value is -1.92. The zero-order chi connectivity index (χ0) is 25.8. The molecule has 3 nitrogen and oxygen atoms in total. The monoisotopic (exact) mass is 566 g/mol. The second-order valence-electron chi connectivity index (χ2n) is 11.0. The smallest absolute Gasteiger partial charge is 0.216 e. The van der Waals surface area contributed by atoms with Crippen LogP contribution in [-0.2, 0) is 22.3 Å². The lowest BCUT2D eigenvalue weighted by Gasteiger charge is -2.39. The van der Waals surface area contributed by atoms with Crippen molar-refractivity contribution in [2.24, 2.45) is 5.92 Å². The summed E-state index contributed by atoms with van der Waals surface area (Å²) >= 11 is 3.63. The molecule has 0 aromatic heterocycles. The maximum atomic E-state index is 6.82. The van der Waals surface area contributed by atoms with Gasteiger partial charge in [-0.2, -0.15) is 0 Å². The summed E-state index contributed by atoms with van der Waals surface area (Å²) in [7, 11) is 0.251. The minimum Gasteiger partial charge on any atom is -0.462 e. The molecule has 192 valence electrons. The van der Waals surface area contributed by atoms with Crippen molar-refractivity contribution in [3.05, 3.63) is 88.4 Å². The molecule has 1 aliphatic carbocycles. The minimum absolute atomic E-state index is 0.210. The summed E-state index contributed by atoms with van der Waals surface area (Å²) in [4.78, 5) is 0. The highest BCUT2D eigenvalue weighted by molar-refractivity contribution is 9.10. The van der Waals surface area contributed by atoms with Gasteiger partial charge in [-0.25, -0.2) is 0 Å². The third-order valence-electron chi connectivity index (χ3n) is 7.25. The van der Waals surface area contributed by atoms with E-state index in [4.69, 9.17) is 14.2 Å². The Bertz CT molecular complexity index is 1130. The average Bonchev–Trinajstić information content (AvgIpc) is 3.27. The van der Waals surface area contributed by atoms with Crippen molar-refractivity contribution in [2.45, 2.75) is 64.2 Å². The quantitative estimate of drug-likeness (QED) is 0.207. The molecule has 3 aromatic rings. The van der Waals surface area contributed by atoms with Crippen molar-refractivity contribution >= 4 is 35.1 Å². The number of fused-ring (bicyclic) bond motifs is 1. The van der Waals surface area contributed by atoms with Gasteiger partial charge < -0.3 is 14.2 Å². The van der Waals surface area contributed by atoms with E-state index in [0.717, 1.165) is 35.9 Å².